The summed E-state index contributed by atoms with van der Waals surface area (Å²) in [6, 6.07) is 12.8. The van der Waals surface area contributed by atoms with Crippen molar-refractivity contribution in [3.05, 3.63) is 69.3 Å². The van der Waals surface area contributed by atoms with Crippen molar-refractivity contribution in [2.45, 2.75) is 32.7 Å². The Kier molecular flexibility index (Phi) is 5.51. The van der Waals surface area contributed by atoms with Crippen LogP contribution in [0.5, 0.6) is 0 Å². The van der Waals surface area contributed by atoms with Crippen LogP contribution in [-0.2, 0) is 6.54 Å². The van der Waals surface area contributed by atoms with Gasteiger partial charge in [-0.15, -0.1) is 0 Å². The highest BCUT2D eigenvalue weighted by Gasteiger charge is 2.17. The monoisotopic (exact) mass is 353 g/mol. The van der Waals surface area contributed by atoms with Crippen LogP contribution in [0.1, 0.15) is 40.7 Å². The number of anilines is 1. The lowest BCUT2D eigenvalue weighted by Crippen LogP contribution is -2.29. The summed E-state index contributed by atoms with van der Waals surface area (Å²) in [7, 11) is 0. The van der Waals surface area contributed by atoms with Crippen molar-refractivity contribution in [3.63, 3.8) is 0 Å². The van der Waals surface area contributed by atoms with E-state index in [-0.39, 0.29) is 11.6 Å². The maximum Gasteiger partial charge on any atom is 0.273 e. The number of amides is 1. The second-order valence-electron chi connectivity index (χ2n) is 6.60. The van der Waals surface area contributed by atoms with Gasteiger partial charge in [-0.25, -0.2) is 0 Å². The molecule has 136 valence electrons. The molecule has 0 saturated carbocycles. The van der Waals surface area contributed by atoms with Gasteiger partial charge in [0.1, 0.15) is 0 Å². The van der Waals surface area contributed by atoms with Crippen LogP contribution in [0.4, 0.5) is 11.4 Å². The molecular weight excluding hydrogens is 330 g/mol. The fourth-order valence-electron chi connectivity index (χ4n) is 3.32. The largest absolute Gasteiger partial charge is 0.372 e. The van der Waals surface area contributed by atoms with Crippen molar-refractivity contribution >= 4 is 17.3 Å². The Morgan fingerprint density at radius 1 is 1.12 bits per heavy atom. The van der Waals surface area contributed by atoms with Crippen LogP contribution >= 0.6 is 0 Å². The number of nitro benzene ring substituents is 1. The van der Waals surface area contributed by atoms with Gasteiger partial charge in [-0.1, -0.05) is 18.2 Å². The maximum absolute atomic E-state index is 12.4. The number of benzene rings is 2. The normalized spacial score (nSPS) is 14.1. The molecule has 1 aliphatic heterocycles. The van der Waals surface area contributed by atoms with E-state index in [1.165, 1.54) is 37.1 Å². The summed E-state index contributed by atoms with van der Waals surface area (Å²) in [6.07, 6.45) is 3.78. The smallest absolute Gasteiger partial charge is 0.273 e. The van der Waals surface area contributed by atoms with Gasteiger partial charge in [0.15, 0.2) is 0 Å². The van der Waals surface area contributed by atoms with E-state index in [1.807, 2.05) is 12.1 Å². The third-order valence-electron chi connectivity index (χ3n) is 4.86. The van der Waals surface area contributed by atoms with Crippen LogP contribution < -0.4 is 10.2 Å². The highest BCUT2D eigenvalue weighted by atomic mass is 16.6. The summed E-state index contributed by atoms with van der Waals surface area (Å²) in [6.45, 7) is 4.19. The summed E-state index contributed by atoms with van der Waals surface area (Å²) in [4.78, 5) is 25.3. The third kappa shape index (κ3) is 4.02. The molecule has 0 unspecified atom stereocenters. The highest BCUT2D eigenvalue weighted by Crippen LogP contribution is 2.22. The zero-order chi connectivity index (χ0) is 18.5. The van der Waals surface area contributed by atoms with E-state index in [1.54, 1.807) is 13.0 Å². The molecular formula is C20H23N3O3. The molecule has 0 aromatic heterocycles. The Bertz CT molecular complexity index is 796. The molecule has 0 radical (unpaired) electrons. The predicted octanol–water partition coefficient (Wildman–Crippen LogP) is 3.82. The molecule has 2 aromatic rings. The molecule has 6 nitrogen and oxygen atoms in total. The number of carbonyl (C=O) groups is 1. The molecule has 1 heterocycles. The Labute approximate surface area is 153 Å². The molecule has 0 bridgehead atoms. The van der Waals surface area contributed by atoms with E-state index in [9.17, 15) is 14.9 Å². The van der Waals surface area contributed by atoms with E-state index in [0.717, 1.165) is 18.7 Å². The van der Waals surface area contributed by atoms with Gasteiger partial charge in [0.25, 0.3) is 11.6 Å². The third-order valence-corrected chi connectivity index (χ3v) is 4.86. The van der Waals surface area contributed by atoms with Gasteiger partial charge in [-0.2, -0.15) is 0 Å². The van der Waals surface area contributed by atoms with Gasteiger partial charge in [-0.05, 0) is 49.9 Å². The van der Waals surface area contributed by atoms with Gasteiger partial charge in [0.2, 0.25) is 0 Å². The molecule has 1 fully saturated rings. The first kappa shape index (κ1) is 17.9. The van der Waals surface area contributed by atoms with E-state index in [4.69, 9.17) is 0 Å². The van der Waals surface area contributed by atoms with E-state index >= 15 is 0 Å². The average Bonchev–Trinajstić information content (AvgIpc) is 2.67. The van der Waals surface area contributed by atoms with Crippen molar-refractivity contribution < 1.29 is 9.72 Å². The fraction of sp³-hybridized carbons (Fsp3) is 0.350. The molecule has 1 aliphatic rings. The van der Waals surface area contributed by atoms with Gasteiger partial charge >= 0.3 is 0 Å². The van der Waals surface area contributed by atoms with E-state index in [0.29, 0.717) is 17.7 Å². The molecule has 0 spiro atoms. The number of nitrogens with one attached hydrogen (secondary N) is 1. The lowest BCUT2D eigenvalue weighted by molar-refractivity contribution is -0.385. The SMILES string of the molecule is Cc1c(C(=O)NCc2ccc(N3CCCCC3)cc2)cccc1[N+](=O)[O-]. The molecule has 1 amide bonds. The van der Waals surface area contributed by atoms with Crippen LogP contribution in [0.3, 0.4) is 0 Å². The predicted molar refractivity (Wildman–Crippen MR) is 102 cm³/mol. The minimum atomic E-state index is -0.467. The number of hydrogen-bond donors (Lipinski definition) is 1. The zero-order valence-electron chi connectivity index (χ0n) is 14.9. The minimum Gasteiger partial charge on any atom is -0.372 e. The Hall–Kier alpha value is -2.89. The first-order chi connectivity index (χ1) is 12.6. The second-order valence-corrected chi connectivity index (χ2v) is 6.60. The van der Waals surface area contributed by atoms with E-state index in [2.05, 4.69) is 22.3 Å². The Morgan fingerprint density at radius 2 is 1.81 bits per heavy atom. The average molecular weight is 353 g/mol. The lowest BCUT2D eigenvalue weighted by Gasteiger charge is -2.28. The molecule has 2 aromatic carbocycles. The molecule has 26 heavy (non-hydrogen) atoms. The summed E-state index contributed by atoms with van der Waals surface area (Å²) in [5.74, 6) is -0.300. The standard InChI is InChI=1S/C20H23N3O3/c1-15-18(6-5-7-19(15)23(25)26)20(24)21-14-16-8-10-17(11-9-16)22-12-3-2-4-13-22/h5-11H,2-4,12-14H2,1H3,(H,21,24). The quantitative estimate of drug-likeness (QED) is 0.655. The van der Waals surface area contributed by atoms with Crippen molar-refractivity contribution in [2.75, 3.05) is 18.0 Å². The Balaban J connectivity index is 1.63. The summed E-state index contributed by atoms with van der Waals surface area (Å²) >= 11 is 0. The van der Waals surface area contributed by atoms with Gasteiger partial charge in [0, 0.05) is 42.5 Å². The molecule has 3 rings (SSSR count). The molecule has 0 aliphatic carbocycles. The van der Waals surface area contributed by atoms with Crippen molar-refractivity contribution in [3.8, 4) is 0 Å². The summed E-state index contributed by atoms with van der Waals surface area (Å²) in [5, 5.41) is 13.9. The maximum atomic E-state index is 12.4. The number of hydrogen-bond acceptors (Lipinski definition) is 4. The van der Waals surface area contributed by atoms with Gasteiger partial charge in [-0.3, -0.25) is 14.9 Å². The molecule has 1 N–H and O–H groups in total. The van der Waals surface area contributed by atoms with Crippen LogP contribution in [-0.4, -0.2) is 23.9 Å². The first-order valence-corrected chi connectivity index (χ1v) is 8.92. The van der Waals surface area contributed by atoms with Crippen molar-refractivity contribution in [1.29, 1.82) is 0 Å². The van der Waals surface area contributed by atoms with Crippen LogP contribution in [0.2, 0.25) is 0 Å². The zero-order valence-corrected chi connectivity index (χ0v) is 14.9. The topological polar surface area (TPSA) is 75.5 Å². The van der Waals surface area contributed by atoms with Gasteiger partial charge in [0.05, 0.1) is 4.92 Å². The van der Waals surface area contributed by atoms with E-state index < -0.39 is 4.92 Å². The highest BCUT2D eigenvalue weighted by molar-refractivity contribution is 5.96. The number of nitrogens with zero attached hydrogens (tertiary/aromatic N) is 2. The number of nitro groups is 1. The van der Waals surface area contributed by atoms with Gasteiger partial charge < -0.3 is 10.2 Å². The summed E-state index contributed by atoms with van der Waals surface area (Å²) < 4.78 is 0. The minimum absolute atomic E-state index is 0.0384. The summed E-state index contributed by atoms with van der Waals surface area (Å²) in [5.41, 5.74) is 2.90. The molecule has 1 saturated heterocycles. The fourth-order valence-corrected chi connectivity index (χ4v) is 3.32. The number of carbonyl (C=O) groups excluding carboxylic acids is 1. The lowest BCUT2D eigenvalue weighted by atomic mass is 10.1. The van der Waals surface area contributed by atoms with Crippen LogP contribution in [0.15, 0.2) is 42.5 Å². The number of rotatable bonds is 5. The molecule has 6 heteroatoms. The number of piperidine rings is 1. The van der Waals surface area contributed by atoms with Crippen LogP contribution in [0, 0.1) is 17.0 Å². The van der Waals surface area contributed by atoms with Crippen molar-refractivity contribution in [1.82, 2.24) is 5.32 Å². The second kappa shape index (κ2) is 7.99. The first-order valence-electron chi connectivity index (χ1n) is 8.92. The van der Waals surface area contributed by atoms with Crippen molar-refractivity contribution in [2.24, 2.45) is 0 Å². The Morgan fingerprint density at radius 3 is 2.46 bits per heavy atom. The van der Waals surface area contributed by atoms with Crippen LogP contribution in [0.25, 0.3) is 0 Å². The molecule has 0 atom stereocenters.